The molecule has 1 aliphatic heterocycles. The number of hydrogen-bond donors (Lipinski definition) is 2. The van der Waals surface area contributed by atoms with Crippen molar-refractivity contribution in [1.29, 1.82) is 0 Å². The minimum absolute atomic E-state index is 0.188. The van der Waals surface area contributed by atoms with E-state index in [0.29, 0.717) is 23.6 Å². The summed E-state index contributed by atoms with van der Waals surface area (Å²) in [5, 5.41) is 7.11. The van der Waals surface area contributed by atoms with Crippen molar-refractivity contribution in [2.24, 2.45) is 0 Å². The Balaban J connectivity index is 1.39. The summed E-state index contributed by atoms with van der Waals surface area (Å²) >= 11 is 0. The summed E-state index contributed by atoms with van der Waals surface area (Å²) in [6.45, 7) is 4.00. The van der Waals surface area contributed by atoms with Crippen molar-refractivity contribution in [1.82, 2.24) is 15.2 Å². The number of methoxy groups -OCH3 is 1. The first-order valence-corrected chi connectivity index (χ1v) is 11.0. The largest absolute Gasteiger partial charge is 0.497 e. The van der Waals surface area contributed by atoms with Crippen LogP contribution in [0.2, 0.25) is 0 Å². The zero-order chi connectivity index (χ0) is 21.5. The van der Waals surface area contributed by atoms with Gasteiger partial charge in [-0.3, -0.25) is 4.79 Å². The lowest BCUT2D eigenvalue weighted by atomic mass is 10.2. The second-order valence-corrected chi connectivity index (χ2v) is 7.91. The molecule has 0 bridgehead atoms. The highest BCUT2D eigenvalue weighted by molar-refractivity contribution is 5.99. The molecule has 0 saturated carbocycles. The third-order valence-electron chi connectivity index (χ3n) is 5.67. The number of carbonyl (C=O) groups is 1. The maximum atomic E-state index is 12.7. The van der Waals surface area contributed by atoms with E-state index in [0.717, 1.165) is 29.8 Å². The molecule has 0 aliphatic carbocycles. The van der Waals surface area contributed by atoms with Crippen LogP contribution < -0.4 is 15.4 Å². The van der Waals surface area contributed by atoms with Gasteiger partial charge in [0, 0.05) is 18.3 Å². The number of nitrogens with one attached hydrogen (secondary N) is 2. The van der Waals surface area contributed by atoms with Crippen LogP contribution in [0.25, 0.3) is 11.0 Å². The van der Waals surface area contributed by atoms with Crippen LogP contribution in [0.15, 0.2) is 47.1 Å². The molecule has 164 valence electrons. The maximum Gasteiger partial charge on any atom is 0.270 e. The van der Waals surface area contributed by atoms with Gasteiger partial charge in [0.25, 0.3) is 5.91 Å². The molecule has 0 spiro atoms. The van der Waals surface area contributed by atoms with E-state index >= 15 is 0 Å². The number of benzene rings is 1. The molecule has 2 aromatic heterocycles. The molecule has 31 heavy (non-hydrogen) atoms. The lowest BCUT2D eigenvalue weighted by molar-refractivity contribution is 0.0947. The highest BCUT2D eigenvalue weighted by atomic mass is 16.5. The smallest absolute Gasteiger partial charge is 0.270 e. The normalized spacial score (nSPS) is 14.9. The fourth-order valence-corrected chi connectivity index (χ4v) is 3.94. The zero-order valence-corrected chi connectivity index (χ0v) is 18.0. The molecule has 1 aliphatic rings. The molecule has 1 saturated heterocycles. The summed E-state index contributed by atoms with van der Waals surface area (Å²) < 4.78 is 10.8. The first kappa shape index (κ1) is 21.2. The number of pyridine rings is 1. The van der Waals surface area contributed by atoms with E-state index in [9.17, 15) is 4.79 Å². The Morgan fingerprint density at radius 3 is 2.65 bits per heavy atom. The molecular weight excluding hydrogens is 392 g/mol. The molecule has 3 aromatic rings. The van der Waals surface area contributed by atoms with Crippen molar-refractivity contribution in [3.8, 4) is 5.75 Å². The van der Waals surface area contributed by atoms with Gasteiger partial charge in [0.1, 0.15) is 22.8 Å². The quantitative estimate of drug-likeness (QED) is 0.518. The van der Waals surface area contributed by atoms with Gasteiger partial charge in [0.05, 0.1) is 18.8 Å². The number of likely N-dealkylation sites (tertiary alicyclic amines) is 1. The molecule has 7 nitrogen and oxygen atoms in total. The first-order valence-electron chi connectivity index (χ1n) is 11.0. The molecule has 3 heterocycles. The van der Waals surface area contributed by atoms with Gasteiger partial charge in [0.2, 0.25) is 0 Å². The van der Waals surface area contributed by atoms with Crippen LogP contribution in [0.5, 0.6) is 5.75 Å². The van der Waals surface area contributed by atoms with Gasteiger partial charge in [-0.2, -0.15) is 0 Å². The van der Waals surface area contributed by atoms with Crippen molar-refractivity contribution < 1.29 is 13.9 Å². The number of furan rings is 1. The van der Waals surface area contributed by atoms with Gasteiger partial charge < -0.3 is 24.7 Å². The number of aromatic nitrogens is 1. The van der Waals surface area contributed by atoms with E-state index in [2.05, 4.69) is 20.5 Å². The molecular formula is C24H30N4O3. The lowest BCUT2D eigenvalue weighted by Gasteiger charge is -2.19. The van der Waals surface area contributed by atoms with Crippen molar-refractivity contribution in [2.75, 3.05) is 38.6 Å². The van der Waals surface area contributed by atoms with Gasteiger partial charge in [-0.25, -0.2) is 4.98 Å². The van der Waals surface area contributed by atoms with Gasteiger partial charge >= 0.3 is 0 Å². The van der Waals surface area contributed by atoms with Crippen molar-refractivity contribution in [2.45, 2.75) is 32.1 Å². The second-order valence-electron chi connectivity index (χ2n) is 7.91. The Kier molecular flexibility index (Phi) is 7.04. The van der Waals surface area contributed by atoms with Crippen LogP contribution in [0.3, 0.4) is 0 Å². The van der Waals surface area contributed by atoms with Crippen molar-refractivity contribution in [3.05, 3.63) is 48.4 Å². The summed E-state index contributed by atoms with van der Waals surface area (Å²) in [6.07, 6.45) is 7.77. The van der Waals surface area contributed by atoms with Crippen LogP contribution in [0.4, 0.5) is 11.5 Å². The van der Waals surface area contributed by atoms with E-state index in [-0.39, 0.29) is 5.91 Å². The van der Waals surface area contributed by atoms with Gasteiger partial charge in [0.15, 0.2) is 0 Å². The molecule has 1 aromatic carbocycles. The topological polar surface area (TPSA) is 79.6 Å². The molecule has 4 rings (SSSR count). The number of anilines is 2. The predicted molar refractivity (Wildman–Crippen MR) is 122 cm³/mol. The summed E-state index contributed by atoms with van der Waals surface area (Å²) in [6, 6.07) is 11.1. The molecule has 1 amide bonds. The SMILES string of the molecule is COc1ccc(Nc2nc(C(=O)NCCCN3CCCCCC3)cc3occc23)cc1. The molecule has 0 unspecified atom stereocenters. The number of rotatable bonds is 8. The summed E-state index contributed by atoms with van der Waals surface area (Å²) in [7, 11) is 1.63. The van der Waals surface area contributed by atoms with Crippen LogP contribution in [-0.2, 0) is 0 Å². The number of hydrogen-bond acceptors (Lipinski definition) is 6. The molecule has 1 fully saturated rings. The van der Waals surface area contributed by atoms with Crippen molar-refractivity contribution >= 4 is 28.4 Å². The van der Waals surface area contributed by atoms with Crippen LogP contribution in [0.1, 0.15) is 42.6 Å². The van der Waals surface area contributed by atoms with Crippen LogP contribution >= 0.6 is 0 Å². The standard InChI is InChI=1S/C24H30N4O3/c1-30-19-9-7-18(8-10-19)26-23-20-11-16-31-22(20)17-21(27-23)24(29)25-12-6-15-28-13-4-2-3-5-14-28/h7-11,16-17H,2-6,12-15H2,1H3,(H,25,29)(H,26,27). The Morgan fingerprint density at radius 2 is 1.90 bits per heavy atom. The van der Waals surface area contributed by atoms with E-state index in [1.165, 1.54) is 38.8 Å². The van der Waals surface area contributed by atoms with Crippen LogP contribution in [-0.4, -0.2) is 49.1 Å². The average Bonchev–Trinajstić information content (AvgIpc) is 3.13. The fourth-order valence-electron chi connectivity index (χ4n) is 3.94. The third kappa shape index (κ3) is 5.55. The predicted octanol–water partition coefficient (Wildman–Crippen LogP) is 4.58. The van der Waals surface area contributed by atoms with Crippen molar-refractivity contribution in [3.63, 3.8) is 0 Å². The van der Waals surface area contributed by atoms with E-state index in [1.54, 1.807) is 19.4 Å². The zero-order valence-electron chi connectivity index (χ0n) is 18.0. The fraction of sp³-hybridized carbons (Fsp3) is 0.417. The molecule has 0 atom stereocenters. The monoisotopic (exact) mass is 422 g/mol. The number of amides is 1. The van der Waals surface area contributed by atoms with Gasteiger partial charge in [-0.15, -0.1) is 0 Å². The highest BCUT2D eigenvalue weighted by Gasteiger charge is 2.15. The van der Waals surface area contributed by atoms with Crippen LogP contribution in [0, 0.1) is 0 Å². The minimum Gasteiger partial charge on any atom is -0.497 e. The summed E-state index contributed by atoms with van der Waals surface area (Å²) in [4.78, 5) is 19.8. The Hall–Kier alpha value is -3.06. The average molecular weight is 423 g/mol. The second kappa shape index (κ2) is 10.3. The van der Waals surface area contributed by atoms with Gasteiger partial charge in [-0.05, 0) is 69.2 Å². The van der Waals surface area contributed by atoms with E-state index in [4.69, 9.17) is 9.15 Å². The Labute approximate surface area is 182 Å². The molecule has 0 radical (unpaired) electrons. The van der Waals surface area contributed by atoms with E-state index in [1.807, 2.05) is 30.3 Å². The van der Waals surface area contributed by atoms with E-state index < -0.39 is 0 Å². The number of carbonyl (C=O) groups excluding carboxylic acids is 1. The first-order chi connectivity index (χ1) is 15.2. The number of fused-ring (bicyclic) bond motifs is 1. The Morgan fingerprint density at radius 1 is 1.13 bits per heavy atom. The summed E-state index contributed by atoms with van der Waals surface area (Å²) in [5.41, 5.74) is 1.82. The third-order valence-corrected chi connectivity index (χ3v) is 5.67. The maximum absolute atomic E-state index is 12.7. The number of ether oxygens (including phenoxy) is 1. The minimum atomic E-state index is -0.188. The van der Waals surface area contributed by atoms with Gasteiger partial charge in [-0.1, -0.05) is 12.8 Å². The number of nitrogens with zero attached hydrogens (tertiary/aromatic N) is 2. The summed E-state index contributed by atoms with van der Waals surface area (Å²) in [5.74, 6) is 1.18. The molecule has 2 N–H and O–H groups in total. The Bertz CT molecular complexity index is 992. The lowest BCUT2D eigenvalue weighted by Crippen LogP contribution is -2.31. The molecule has 7 heteroatoms. The highest BCUT2D eigenvalue weighted by Crippen LogP contribution is 2.27.